The Labute approximate surface area is 335 Å². The van der Waals surface area contributed by atoms with Gasteiger partial charge in [-0.2, -0.15) is 0 Å². The molecule has 0 aliphatic carbocycles. The van der Waals surface area contributed by atoms with Gasteiger partial charge >= 0.3 is 47.8 Å². The van der Waals surface area contributed by atoms with Gasteiger partial charge in [-0.1, -0.05) is 10.4 Å². The summed E-state index contributed by atoms with van der Waals surface area (Å²) >= 11 is 0. The molecule has 4 heterocycles. The molecule has 0 radical (unpaired) electrons. The minimum atomic E-state index is -1.47. The second kappa shape index (κ2) is 20.6. The Kier molecular flexibility index (Phi) is 15.9. The van der Waals surface area contributed by atoms with Crippen LogP contribution >= 0.6 is 0 Å². The van der Waals surface area contributed by atoms with Crippen molar-refractivity contribution < 1.29 is 90.5 Å². The molecule has 4 rings (SSSR count). The highest BCUT2D eigenvalue weighted by molar-refractivity contribution is 5.70. The quantitative estimate of drug-likeness (QED) is 0.141. The lowest BCUT2D eigenvalue weighted by atomic mass is 9.97. The number of aromatic nitrogens is 6. The summed E-state index contributed by atoms with van der Waals surface area (Å²) in [5.74, 6) is -6.19. The van der Waals surface area contributed by atoms with Gasteiger partial charge in [0.25, 0.3) is 0 Å². The molecule has 10 atom stereocenters. The smallest absolute Gasteiger partial charge is 0.303 e. The van der Waals surface area contributed by atoms with Gasteiger partial charge in [0.1, 0.15) is 36.8 Å². The Balaban J connectivity index is 1.55. The van der Waals surface area contributed by atoms with Gasteiger partial charge < -0.3 is 52.1 Å². The van der Waals surface area contributed by atoms with Crippen LogP contribution in [0, 0.1) is 0 Å². The molecule has 0 N–H and O–H groups in total. The fourth-order valence-electron chi connectivity index (χ4n) is 6.07. The van der Waals surface area contributed by atoms with Gasteiger partial charge in [0.2, 0.25) is 0 Å². The second-order valence-corrected chi connectivity index (χ2v) is 13.1. The summed E-state index contributed by atoms with van der Waals surface area (Å²) in [4.78, 5) is 96.1. The van der Waals surface area contributed by atoms with Gasteiger partial charge in [0, 0.05) is 55.4 Å². The van der Waals surface area contributed by atoms with Gasteiger partial charge in [-0.3, -0.25) is 38.4 Å². The topological polar surface area (TPSA) is 300 Å². The summed E-state index contributed by atoms with van der Waals surface area (Å²) in [5.41, 5.74) is 0.472. The molecule has 0 unspecified atom stereocenters. The first kappa shape index (κ1) is 45.6. The molecule has 0 spiro atoms. The van der Waals surface area contributed by atoms with E-state index in [0.29, 0.717) is 0 Å². The normalized spacial score (nSPS) is 26.4. The number of rotatable bonds is 16. The van der Waals surface area contributed by atoms with E-state index in [9.17, 15) is 38.4 Å². The van der Waals surface area contributed by atoms with Gasteiger partial charge in [-0.05, 0) is 0 Å². The van der Waals surface area contributed by atoms with E-state index in [4.69, 9.17) is 52.1 Å². The van der Waals surface area contributed by atoms with Gasteiger partial charge in [-0.25, -0.2) is 9.36 Å². The van der Waals surface area contributed by atoms with Crippen molar-refractivity contribution in [3.05, 3.63) is 23.8 Å². The molecule has 2 aliphatic heterocycles. The van der Waals surface area contributed by atoms with Crippen LogP contribution in [-0.4, -0.2) is 146 Å². The van der Waals surface area contributed by atoms with Crippen molar-refractivity contribution >= 4 is 47.8 Å². The summed E-state index contributed by atoms with van der Waals surface area (Å²) < 4.78 is 63.2. The lowest BCUT2D eigenvalue weighted by Gasteiger charge is -2.44. The molecule has 2 aliphatic rings. The maximum atomic E-state index is 12.2. The Morgan fingerprint density at radius 2 is 0.966 bits per heavy atom. The predicted octanol–water partition coefficient (Wildman–Crippen LogP) is -1.23. The molecule has 0 bridgehead atoms. The molecule has 59 heavy (non-hydrogen) atoms. The highest BCUT2D eigenvalue weighted by atomic mass is 16.7. The molecular formula is C34H44N6O19. The number of hydrogen-bond acceptors (Lipinski definition) is 23. The fraction of sp³-hybridized carbons (Fsp3) is 0.647. The molecule has 2 fully saturated rings. The first-order valence-electron chi connectivity index (χ1n) is 17.8. The number of hydrogen-bond donors (Lipinski definition) is 0. The first-order valence-corrected chi connectivity index (χ1v) is 17.8. The first-order chi connectivity index (χ1) is 27.8. The number of carbonyl (C=O) groups is 8. The fourth-order valence-corrected chi connectivity index (χ4v) is 6.07. The number of esters is 8. The van der Waals surface area contributed by atoms with Crippen molar-refractivity contribution in [1.82, 2.24) is 30.0 Å². The highest BCUT2D eigenvalue weighted by Gasteiger charge is 2.54. The summed E-state index contributed by atoms with van der Waals surface area (Å²) in [6, 6.07) is 0. The monoisotopic (exact) mass is 840 g/mol. The van der Waals surface area contributed by atoms with Crippen LogP contribution in [-0.2, 0) is 104 Å². The van der Waals surface area contributed by atoms with E-state index in [1.54, 1.807) is 0 Å². The zero-order valence-corrected chi connectivity index (χ0v) is 33.2. The number of ether oxygens (including phenoxy) is 11. The summed E-state index contributed by atoms with van der Waals surface area (Å²) in [6.07, 6.45) is -10.9. The molecular weight excluding hydrogens is 796 g/mol. The van der Waals surface area contributed by atoms with Crippen molar-refractivity contribution in [3.8, 4) is 0 Å². The lowest BCUT2D eigenvalue weighted by molar-refractivity contribution is -0.310. The van der Waals surface area contributed by atoms with Crippen LogP contribution in [0.2, 0.25) is 0 Å². The average molecular weight is 841 g/mol. The van der Waals surface area contributed by atoms with Crippen LogP contribution in [0.25, 0.3) is 0 Å². The molecule has 0 saturated carbocycles. The lowest BCUT2D eigenvalue weighted by Crippen LogP contribution is -2.62. The van der Waals surface area contributed by atoms with Gasteiger partial charge in [0.05, 0.1) is 25.5 Å². The van der Waals surface area contributed by atoms with E-state index in [-0.39, 0.29) is 24.5 Å². The third-order valence-electron chi connectivity index (χ3n) is 8.04. The van der Waals surface area contributed by atoms with Crippen LogP contribution in [0.1, 0.15) is 73.0 Å². The number of carbonyl (C=O) groups excluding carboxylic acids is 8. The number of nitrogens with zero attached hydrogens (tertiary/aromatic N) is 6. The van der Waals surface area contributed by atoms with E-state index in [1.165, 1.54) is 17.1 Å². The summed E-state index contributed by atoms with van der Waals surface area (Å²) in [6.45, 7) is 7.56. The molecule has 25 nitrogen and oxygen atoms in total. The molecule has 2 aromatic rings. The maximum absolute atomic E-state index is 12.2. The Bertz CT molecular complexity index is 1860. The minimum Gasteiger partial charge on any atom is -0.463 e. The van der Waals surface area contributed by atoms with Crippen molar-refractivity contribution in [1.29, 1.82) is 0 Å². The van der Waals surface area contributed by atoms with Gasteiger partial charge in [-0.15, -0.1) is 10.2 Å². The third-order valence-corrected chi connectivity index (χ3v) is 8.04. The van der Waals surface area contributed by atoms with E-state index < -0.39 is 122 Å². The zero-order valence-electron chi connectivity index (χ0n) is 33.2. The maximum Gasteiger partial charge on any atom is 0.303 e. The zero-order chi connectivity index (χ0) is 43.6. The van der Waals surface area contributed by atoms with Crippen LogP contribution in [0.4, 0.5) is 0 Å². The van der Waals surface area contributed by atoms with Crippen LogP contribution in [0.5, 0.6) is 0 Å². The van der Waals surface area contributed by atoms with Crippen LogP contribution in [0.3, 0.4) is 0 Å². The standard InChI is InChI=1S/C34H44N6O19/c1-15(41)49-13-25-27(52-17(3)43)29(54-19(5)45)31(56-21(7)47)33(58-25)40-11-23(35-38-40)9-39-10-24(36-37-39)12-51-34-32(57-22(8)48)30(55-20(6)46)28(53-18(4)44)26(59-34)14-50-16(2)42/h10-11,25-34H,9,12-14H2,1-8H3/t25-,26-,27-,28-,29+,30+,31-,32+,33-,34+/m1/s1. The molecule has 2 aromatic heterocycles. The summed E-state index contributed by atoms with van der Waals surface area (Å²) in [7, 11) is 0. The second-order valence-electron chi connectivity index (χ2n) is 13.1. The summed E-state index contributed by atoms with van der Waals surface area (Å²) in [5, 5.41) is 16.4. The predicted molar refractivity (Wildman–Crippen MR) is 183 cm³/mol. The van der Waals surface area contributed by atoms with Crippen molar-refractivity contribution in [2.24, 2.45) is 0 Å². The van der Waals surface area contributed by atoms with E-state index in [2.05, 4.69) is 20.6 Å². The largest absolute Gasteiger partial charge is 0.463 e. The molecule has 0 amide bonds. The molecule has 0 aromatic carbocycles. The third kappa shape index (κ3) is 13.2. The molecule has 324 valence electrons. The van der Waals surface area contributed by atoms with Gasteiger partial charge in [0.15, 0.2) is 49.1 Å². The SMILES string of the molecule is CC(=O)OC[C@H]1O[C@H](OCc2cn(Cc3cn([C@@H]4O[C@H](COC(C)=O)[C@@H](OC(C)=O)[C@H](OC(C)=O)[C@H]4OC(C)=O)nn3)nn2)[C@@H](OC(C)=O)[C@@H](OC(C)=O)[C@@H]1OC(C)=O. The Morgan fingerprint density at radius 3 is 1.47 bits per heavy atom. The van der Waals surface area contributed by atoms with Crippen molar-refractivity contribution in [2.75, 3.05) is 13.2 Å². The van der Waals surface area contributed by atoms with Crippen LogP contribution < -0.4 is 0 Å². The molecule has 2 saturated heterocycles. The van der Waals surface area contributed by atoms with E-state index in [0.717, 1.165) is 60.1 Å². The van der Waals surface area contributed by atoms with Crippen molar-refractivity contribution in [3.63, 3.8) is 0 Å². The Hall–Kier alpha value is -6.08. The minimum absolute atomic E-state index is 0.0582. The van der Waals surface area contributed by atoms with E-state index >= 15 is 0 Å². The Morgan fingerprint density at radius 1 is 0.525 bits per heavy atom. The molecule has 25 heteroatoms. The van der Waals surface area contributed by atoms with E-state index in [1.807, 2.05) is 0 Å². The van der Waals surface area contributed by atoms with Crippen molar-refractivity contribution in [2.45, 2.75) is 130 Å². The average Bonchev–Trinajstić information content (AvgIpc) is 3.78. The van der Waals surface area contributed by atoms with Crippen LogP contribution in [0.15, 0.2) is 12.4 Å². The highest BCUT2D eigenvalue weighted by Crippen LogP contribution is 2.35.